The van der Waals surface area contributed by atoms with Gasteiger partial charge in [0, 0.05) is 12.0 Å². The smallest absolute Gasteiger partial charge is 0.149 e. The molecule has 0 aliphatic carbocycles. The number of nitrogens with zero attached hydrogens (tertiary/aromatic N) is 4. The summed E-state index contributed by atoms with van der Waals surface area (Å²) >= 11 is 1.63. The number of hydrogen-bond donors (Lipinski definition) is 1. The number of aryl methyl sites for hydroxylation is 1. The Morgan fingerprint density at radius 2 is 2.16 bits per heavy atom. The van der Waals surface area contributed by atoms with Crippen molar-refractivity contribution < 1.29 is 0 Å². The van der Waals surface area contributed by atoms with E-state index in [0.717, 1.165) is 41.5 Å². The first-order chi connectivity index (χ1) is 9.25. The fourth-order valence-electron chi connectivity index (χ4n) is 1.64. The zero-order chi connectivity index (χ0) is 13.5. The van der Waals surface area contributed by atoms with Crippen molar-refractivity contribution in [2.75, 3.05) is 13.1 Å². The summed E-state index contributed by atoms with van der Waals surface area (Å²) in [6, 6.07) is 1.90. The average Bonchev–Trinajstić information content (AvgIpc) is 2.88. The van der Waals surface area contributed by atoms with Gasteiger partial charge < -0.3 is 5.32 Å². The largest absolute Gasteiger partial charge is 0.316 e. The summed E-state index contributed by atoms with van der Waals surface area (Å²) < 4.78 is 0. The molecule has 0 radical (unpaired) electrons. The van der Waals surface area contributed by atoms with Crippen LogP contribution in [0.2, 0.25) is 0 Å². The second-order valence-corrected chi connectivity index (χ2v) is 5.90. The first kappa shape index (κ1) is 14.0. The highest BCUT2D eigenvalue weighted by Gasteiger charge is 2.06. The molecule has 0 saturated carbocycles. The van der Waals surface area contributed by atoms with Crippen molar-refractivity contribution >= 4 is 11.3 Å². The third-order valence-electron chi connectivity index (χ3n) is 2.59. The van der Waals surface area contributed by atoms with Gasteiger partial charge in [-0.2, -0.15) is 10.2 Å². The van der Waals surface area contributed by atoms with Gasteiger partial charge in [0.1, 0.15) is 10.0 Å². The van der Waals surface area contributed by atoms with Gasteiger partial charge in [0.2, 0.25) is 0 Å². The lowest BCUT2D eigenvalue weighted by molar-refractivity contribution is 0.542. The predicted octanol–water partition coefficient (Wildman–Crippen LogP) is 2.17. The van der Waals surface area contributed by atoms with Gasteiger partial charge in [-0.15, -0.1) is 10.2 Å². The summed E-state index contributed by atoms with van der Waals surface area (Å²) in [6.45, 7) is 6.54. The van der Waals surface area contributed by atoms with Crippen LogP contribution in [0.15, 0.2) is 18.5 Å². The van der Waals surface area contributed by atoms with Crippen LogP contribution < -0.4 is 5.32 Å². The molecule has 2 rings (SSSR count). The minimum atomic E-state index is 0.701. The molecular weight excluding hydrogens is 258 g/mol. The van der Waals surface area contributed by atoms with Crippen LogP contribution in [0.5, 0.6) is 0 Å². The minimum absolute atomic E-state index is 0.701. The van der Waals surface area contributed by atoms with Crippen molar-refractivity contribution in [3.05, 3.63) is 23.5 Å². The zero-order valence-electron chi connectivity index (χ0n) is 11.3. The molecule has 19 heavy (non-hydrogen) atoms. The van der Waals surface area contributed by atoms with E-state index < -0.39 is 0 Å². The van der Waals surface area contributed by atoms with Crippen molar-refractivity contribution in [3.8, 4) is 10.6 Å². The predicted molar refractivity (Wildman–Crippen MR) is 77.0 cm³/mol. The second kappa shape index (κ2) is 7.25. The minimum Gasteiger partial charge on any atom is -0.316 e. The molecule has 0 aliphatic heterocycles. The Bertz CT molecular complexity index is 483. The molecule has 2 heterocycles. The van der Waals surface area contributed by atoms with E-state index in [2.05, 4.69) is 39.6 Å². The van der Waals surface area contributed by atoms with Crippen LogP contribution in [0.4, 0.5) is 0 Å². The van der Waals surface area contributed by atoms with Crippen LogP contribution in [0.25, 0.3) is 10.6 Å². The van der Waals surface area contributed by atoms with Crippen LogP contribution in [-0.2, 0) is 6.42 Å². The Labute approximate surface area is 117 Å². The van der Waals surface area contributed by atoms with Gasteiger partial charge in [-0.05, 0) is 31.5 Å². The number of aromatic nitrogens is 4. The summed E-state index contributed by atoms with van der Waals surface area (Å²) in [4.78, 5) is 0. The molecule has 0 atom stereocenters. The van der Waals surface area contributed by atoms with Crippen molar-refractivity contribution in [2.24, 2.45) is 5.92 Å². The molecular formula is C13H19N5S. The fourth-order valence-corrected chi connectivity index (χ4v) is 2.52. The SMILES string of the molecule is CC(C)CNCCCc1nnc(-c2ccnnc2)s1. The molecule has 0 unspecified atom stereocenters. The van der Waals surface area contributed by atoms with E-state index in [0.29, 0.717) is 5.92 Å². The Morgan fingerprint density at radius 1 is 1.26 bits per heavy atom. The summed E-state index contributed by atoms with van der Waals surface area (Å²) in [7, 11) is 0. The molecule has 1 N–H and O–H groups in total. The molecule has 5 nitrogen and oxygen atoms in total. The Kier molecular flexibility index (Phi) is 5.35. The normalized spacial score (nSPS) is 11.1. The van der Waals surface area contributed by atoms with Crippen LogP contribution in [0, 0.1) is 5.92 Å². The maximum atomic E-state index is 4.22. The quantitative estimate of drug-likeness (QED) is 0.786. The molecule has 0 saturated heterocycles. The molecule has 0 aliphatic rings. The maximum absolute atomic E-state index is 4.22. The lowest BCUT2D eigenvalue weighted by Gasteiger charge is -2.05. The van der Waals surface area contributed by atoms with Gasteiger partial charge in [0.05, 0.1) is 12.4 Å². The number of hydrogen-bond acceptors (Lipinski definition) is 6. The monoisotopic (exact) mass is 277 g/mol. The van der Waals surface area contributed by atoms with Crippen LogP contribution in [0.3, 0.4) is 0 Å². The fraction of sp³-hybridized carbons (Fsp3) is 0.538. The van der Waals surface area contributed by atoms with E-state index in [9.17, 15) is 0 Å². The van der Waals surface area contributed by atoms with Crippen molar-refractivity contribution in [1.82, 2.24) is 25.7 Å². The molecule has 0 aromatic carbocycles. The molecule has 0 spiro atoms. The lowest BCUT2D eigenvalue weighted by Crippen LogP contribution is -2.21. The van der Waals surface area contributed by atoms with Crippen LogP contribution in [-0.4, -0.2) is 33.5 Å². The standard InChI is InChI=1S/C13H19N5S/c1-10(2)8-14-6-3-4-12-17-18-13(19-12)11-5-7-15-16-9-11/h5,7,9-10,14H,3-4,6,8H2,1-2H3. The van der Waals surface area contributed by atoms with Crippen molar-refractivity contribution in [2.45, 2.75) is 26.7 Å². The zero-order valence-corrected chi connectivity index (χ0v) is 12.2. The lowest BCUT2D eigenvalue weighted by atomic mass is 10.2. The number of rotatable bonds is 7. The summed E-state index contributed by atoms with van der Waals surface area (Å²) in [5.74, 6) is 0.701. The molecule has 0 amide bonds. The maximum Gasteiger partial charge on any atom is 0.149 e. The van der Waals surface area contributed by atoms with Gasteiger partial charge in [0.15, 0.2) is 0 Å². The Morgan fingerprint density at radius 3 is 2.89 bits per heavy atom. The van der Waals surface area contributed by atoms with Gasteiger partial charge in [-0.1, -0.05) is 25.2 Å². The van der Waals surface area contributed by atoms with E-state index in [1.54, 1.807) is 23.7 Å². The highest BCUT2D eigenvalue weighted by atomic mass is 32.1. The number of nitrogens with one attached hydrogen (secondary N) is 1. The van der Waals surface area contributed by atoms with E-state index in [4.69, 9.17) is 0 Å². The molecule has 0 bridgehead atoms. The van der Waals surface area contributed by atoms with Crippen molar-refractivity contribution in [3.63, 3.8) is 0 Å². The highest BCUT2D eigenvalue weighted by molar-refractivity contribution is 7.14. The topological polar surface area (TPSA) is 63.6 Å². The van der Waals surface area contributed by atoms with E-state index in [1.807, 2.05) is 6.07 Å². The molecule has 6 heteroatoms. The molecule has 102 valence electrons. The van der Waals surface area contributed by atoms with E-state index in [1.165, 1.54) is 0 Å². The van der Waals surface area contributed by atoms with E-state index in [-0.39, 0.29) is 0 Å². The first-order valence-corrected chi connectivity index (χ1v) is 7.37. The van der Waals surface area contributed by atoms with Crippen LogP contribution >= 0.6 is 11.3 Å². The van der Waals surface area contributed by atoms with Crippen LogP contribution in [0.1, 0.15) is 25.3 Å². The van der Waals surface area contributed by atoms with Gasteiger partial charge in [-0.25, -0.2) is 0 Å². The summed E-state index contributed by atoms with van der Waals surface area (Å²) in [5.41, 5.74) is 0.983. The first-order valence-electron chi connectivity index (χ1n) is 6.56. The van der Waals surface area contributed by atoms with Crippen molar-refractivity contribution in [1.29, 1.82) is 0 Å². The third kappa shape index (κ3) is 4.65. The average molecular weight is 277 g/mol. The third-order valence-corrected chi connectivity index (χ3v) is 3.63. The molecule has 2 aromatic heterocycles. The highest BCUT2D eigenvalue weighted by Crippen LogP contribution is 2.22. The summed E-state index contributed by atoms with van der Waals surface area (Å²) in [6.07, 6.45) is 5.46. The molecule has 2 aromatic rings. The van der Waals surface area contributed by atoms with Gasteiger partial charge in [0.25, 0.3) is 0 Å². The van der Waals surface area contributed by atoms with Gasteiger partial charge >= 0.3 is 0 Å². The van der Waals surface area contributed by atoms with E-state index >= 15 is 0 Å². The Hall–Kier alpha value is -1.40. The second-order valence-electron chi connectivity index (χ2n) is 4.83. The molecule has 0 fully saturated rings. The summed E-state index contributed by atoms with van der Waals surface area (Å²) in [5, 5.41) is 21.5. The Balaban J connectivity index is 1.78. The van der Waals surface area contributed by atoms with Gasteiger partial charge in [-0.3, -0.25) is 0 Å².